The van der Waals surface area contributed by atoms with Crippen LogP contribution in [0, 0.1) is 4.91 Å². The van der Waals surface area contributed by atoms with Crippen molar-refractivity contribution in [2.75, 3.05) is 13.2 Å². The fraction of sp³-hybridized carbons (Fsp3) is 1.00. The summed E-state index contributed by atoms with van der Waals surface area (Å²) in [6, 6.07) is 0. The first-order valence-corrected chi connectivity index (χ1v) is 7.26. The van der Waals surface area contributed by atoms with Gasteiger partial charge in [-0.1, -0.05) is 0 Å². The Morgan fingerprint density at radius 3 is 1.88 bits per heavy atom. The maximum absolute atomic E-state index is 10.9. The molecular weight excluding hydrogens is 334 g/mol. The molecule has 0 amide bonds. The van der Waals surface area contributed by atoms with Crippen LogP contribution in [0.25, 0.3) is 0 Å². The first-order valence-electron chi connectivity index (χ1n) is 7.26. The van der Waals surface area contributed by atoms with Crippen molar-refractivity contribution in [3.05, 3.63) is 4.91 Å². The number of nitrogens with zero attached hydrogens (tertiary/aromatic N) is 1. The maximum atomic E-state index is 10.9. The highest BCUT2D eigenvalue weighted by atomic mass is 16.7. The SMILES string of the molecule is O=NC1OC(CO)C(O)C(O)C1OC1OC(CO)C(O)C(O)C1O. The van der Waals surface area contributed by atoms with Gasteiger partial charge in [0, 0.05) is 0 Å². The van der Waals surface area contributed by atoms with Crippen molar-refractivity contribution in [2.45, 2.75) is 61.3 Å². The van der Waals surface area contributed by atoms with Gasteiger partial charge in [-0.15, -0.1) is 4.91 Å². The second-order valence-electron chi connectivity index (χ2n) is 5.63. The van der Waals surface area contributed by atoms with Crippen molar-refractivity contribution >= 4 is 0 Å². The lowest BCUT2D eigenvalue weighted by Gasteiger charge is -2.44. The predicted molar refractivity (Wildman–Crippen MR) is 72.2 cm³/mol. The van der Waals surface area contributed by atoms with Gasteiger partial charge in [-0.25, -0.2) is 0 Å². The smallest absolute Gasteiger partial charge is 0.219 e. The summed E-state index contributed by atoms with van der Waals surface area (Å²) >= 11 is 0. The Bertz CT molecular complexity index is 424. The number of aliphatic hydroxyl groups excluding tert-OH is 7. The van der Waals surface area contributed by atoms with Crippen LogP contribution in [-0.2, 0) is 14.2 Å². The summed E-state index contributed by atoms with van der Waals surface area (Å²) < 4.78 is 15.3. The molecule has 0 spiro atoms. The lowest BCUT2D eigenvalue weighted by Crippen LogP contribution is -2.64. The highest BCUT2D eigenvalue weighted by Crippen LogP contribution is 2.29. The van der Waals surface area contributed by atoms with E-state index >= 15 is 0 Å². The van der Waals surface area contributed by atoms with Crippen molar-refractivity contribution in [3.63, 3.8) is 0 Å². The summed E-state index contributed by atoms with van der Waals surface area (Å²) in [4.78, 5) is 10.9. The first kappa shape index (κ1) is 19.5. The van der Waals surface area contributed by atoms with E-state index in [4.69, 9.17) is 24.4 Å². The summed E-state index contributed by atoms with van der Waals surface area (Å²) in [6.45, 7) is -1.38. The lowest BCUT2D eigenvalue weighted by atomic mass is 9.97. The molecule has 0 bridgehead atoms. The zero-order valence-corrected chi connectivity index (χ0v) is 12.4. The molecule has 24 heavy (non-hydrogen) atoms. The Balaban J connectivity index is 2.13. The van der Waals surface area contributed by atoms with E-state index in [1.54, 1.807) is 0 Å². The van der Waals surface area contributed by atoms with Gasteiger partial charge >= 0.3 is 0 Å². The molecule has 2 heterocycles. The van der Waals surface area contributed by atoms with Gasteiger partial charge in [-0.05, 0) is 5.18 Å². The molecule has 12 nitrogen and oxygen atoms in total. The summed E-state index contributed by atoms with van der Waals surface area (Å²) in [6.07, 6.45) is -15.8. The Morgan fingerprint density at radius 2 is 1.33 bits per heavy atom. The summed E-state index contributed by atoms with van der Waals surface area (Å²) in [5.41, 5.74) is 0. The molecule has 2 aliphatic heterocycles. The van der Waals surface area contributed by atoms with E-state index in [2.05, 4.69) is 5.18 Å². The number of rotatable bonds is 5. The molecule has 2 saturated heterocycles. The lowest BCUT2D eigenvalue weighted by molar-refractivity contribution is -0.340. The number of aliphatic hydroxyl groups is 7. The van der Waals surface area contributed by atoms with Gasteiger partial charge in [0.25, 0.3) is 0 Å². The summed E-state index contributed by atoms with van der Waals surface area (Å²) in [7, 11) is 0. The standard InChI is InChI=1S/C12H21NO11/c14-1-3-6(17)8(19)10(11(13-21)22-3)24-12-9(20)7(18)5(16)4(2-15)23-12/h3-12,14-20H,1-2H2. The van der Waals surface area contributed by atoms with Crippen molar-refractivity contribution in [1.29, 1.82) is 0 Å². The predicted octanol–water partition coefficient (Wildman–Crippen LogP) is -4.62. The largest absolute Gasteiger partial charge is 0.394 e. The van der Waals surface area contributed by atoms with Crippen molar-refractivity contribution < 1.29 is 50.0 Å². The molecule has 2 fully saturated rings. The quantitative estimate of drug-likeness (QED) is 0.234. The second kappa shape index (κ2) is 8.05. The molecular formula is C12H21NO11. The monoisotopic (exact) mass is 355 g/mol. The minimum atomic E-state index is -1.77. The minimum absolute atomic E-state index is 0.684. The second-order valence-corrected chi connectivity index (χ2v) is 5.63. The van der Waals surface area contributed by atoms with Crippen LogP contribution in [0.1, 0.15) is 0 Å². The van der Waals surface area contributed by atoms with E-state index in [1.807, 2.05) is 0 Å². The van der Waals surface area contributed by atoms with Gasteiger partial charge in [0.15, 0.2) is 6.29 Å². The molecule has 0 saturated carbocycles. The maximum Gasteiger partial charge on any atom is 0.219 e. The average Bonchev–Trinajstić information content (AvgIpc) is 2.59. The number of hydrogen-bond donors (Lipinski definition) is 7. The normalized spacial score (nSPS) is 49.8. The molecule has 2 aliphatic rings. The van der Waals surface area contributed by atoms with Gasteiger partial charge in [0.2, 0.25) is 6.23 Å². The van der Waals surface area contributed by atoms with E-state index in [9.17, 15) is 30.4 Å². The van der Waals surface area contributed by atoms with Crippen LogP contribution < -0.4 is 0 Å². The van der Waals surface area contributed by atoms with Crippen LogP contribution in [0.2, 0.25) is 0 Å². The van der Waals surface area contributed by atoms with E-state index in [0.29, 0.717) is 0 Å². The van der Waals surface area contributed by atoms with Crippen LogP contribution in [0.3, 0.4) is 0 Å². The number of nitroso groups, excluding NO2 is 1. The molecule has 0 radical (unpaired) electrons. The van der Waals surface area contributed by atoms with E-state index in [1.165, 1.54) is 0 Å². The third-order valence-corrected chi connectivity index (χ3v) is 4.09. The van der Waals surface area contributed by atoms with Crippen molar-refractivity contribution in [3.8, 4) is 0 Å². The zero-order valence-electron chi connectivity index (χ0n) is 12.4. The Morgan fingerprint density at radius 1 is 0.792 bits per heavy atom. The zero-order chi connectivity index (χ0) is 18.0. The number of ether oxygens (including phenoxy) is 3. The molecule has 7 N–H and O–H groups in total. The Kier molecular flexibility index (Phi) is 6.55. The van der Waals surface area contributed by atoms with Gasteiger partial charge in [0.05, 0.1) is 13.2 Å². The third-order valence-electron chi connectivity index (χ3n) is 4.09. The van der Waals surface area contributed by atoms with Crippen LogP contribution in [0.4, 0.5) is 0 Å². The molecule has 0 aromatic carbocycles. The molecule has 0 aromatic heterocycles. The van der Waals surface area contributed by atoms with E-state index < -0.39 is 74.6 Å². The topological polar surface area (TPSA) is 199 Å². The fourth-order valence-electron chi connectivity index (χ4n) is 2.64. The first-order chi connectivity index (χ1) is 11.3. The molecule has 2 rings (SSSR count). The number of hydrogen-bond acceptors (Lipinski definition) is 12. The molecule has 0 aliphatic carbocycles. The minimum Gasteiger partial charge on any atom is -0.394 e. The highest BCUT2D eigenvalue weighted by molar-refractivity contribution is 4.94. The van der Waals surface area contributed by atoms with Crippen molar-refractivity contribution in [2.24, 2.45) is 5.18 Å². The average molecular weight is 355 g/mol. The van der Waals surface area contributed by atoms with Gasteiger partial charge in [-0.3, -0.25) is 0 Å². The molecule has 12 heteroatoms. The van der Waals surface area contributed by atoms with Crippen molar-refractivity contribution in [1.82, 2.24) is 0 Å². The van der Waals surface area contributed by atoms with Crippen LogP contribution >= 0.6 is 0 Å². The van der Waals surface area contributed by atoms with Gasteiger partial charge in [0.1, 0.15) is 48.8 Å². The summed E-state index contributed by atoms with van der Waals surface area (Å²) in [5, 5.41) is 69.8. The molecule has 0 aromatic rings. The fourth-order valence-corrected chi connectivity index (χ4v) is 2.64. The van der Waals surface area contributed by atoms with Crippen LogP contribution in [-0.4, -0.2) is 110 Å². The molecule has 10 unspecified atom stereocenters. The summed E-state index contributed by atoms with van der Waals surface area (Å²) in [5.74, 6) is 0. The van der Waals surface area contributed by atoms with Crippen LogP contribution in [0.15, 0.2) is 5.18 Å². The molecule has 10 atom stereocenters. The third kappa shape index (κ3) is 3.57. The van der Waals surface area contributed by atoms with E-state index in [0.717, 1.165) is 0 Å². The Hall–Kier alpha value is -0.800. The Labute approximate surface area is 135 Å². The van der Waals surface area contributed by atoms with Gasteiger partial charge < -0.3 is 50.0 Å². The van der Waals surface area contributed by atoms with E-state index in [-0.39, 0.29) is 0 Å². The van der Waals surface area contributed by atoms with Crippen LogP contribution in [0.5, 0.6) is 0 Å². The highest BCUT2D eigenvalue weighted by Gasteiger charge is 2.50. The molecule has 140 valence electrons. The van der Waals surface area contributed by atoms with Gasteiger partial charge in [-0.2, -0.15) is 0 Å².